The molecule has 0 aliphatic carbocycles. The predicted octanol–water partition coefficient (Wildman–Crippen LogP) is 4.05. The van der Waals surface area contributed by atoms with Crippen molar-refractivity contribution in [2.45, 2.75) is 46.6 Å². The molecule has 3 nitrogen and oxygen atoms in total. The van der Waals surface area contributed by atoms with Gasteiger partial charge in [-0.25, -0.2) is 0 Å². The van der Waals surface area contributed by atoms with E-state index in [1.54, 1.807) is 6.08 Å². The molecule has 0 radical (unpaired) electrons. The summed E-state index contributed by atoms with van der Waals surface area (Å²) < 4.78 is 0. The van der Waals surface area contributed by atoms with Crippen molar-refractivity contribution in [3.05, 3.63) is 58.2 Å². The van der Waals surface area contributed by atoms with E-state index < -0.39 is 6.10 Å². The number of phenols is 1. The van der Waals surface area contributed by atoms with E-state index in [1.807, 2.05) is 39.8 Å². The number of aryl methyl sites for hydroxylation is 2. The first kappa shape index (κ1) is 19.2. The Bertz CT molecular complexity index is 601. The molecule has 0 spiro atoms. The number of aliphatic hydroxyl groups excluding tert-OH is 2. The van der Waals surface area contributed by atoms with Gasteiger partial charge in [0.2, 0.25) is 0 Å². The minimum Gasteiger partial charge on any atom is -0.507 e. The van der Waals surface area contributed by atoms with Crippen LogP contribution < -0.4 is 0 Å². The molecule has 0 aliphatic heterocycles. The van der Waals surface area contributed by atoms with Gasteiger partial charge < -0.3 is 15.3 Å². The van der Waals surface area contributed by atoms with Crippen LogP contribution in [0, 0.1) is 13.8 Å². The number of rotatable bonds is 7. The molecular weight excluding hydrogens is 288 g/mol. The van der Waals surface area contributed by atoms with Crippen LogP contribution in [0.25, 0.3) is 6.08 Å². The highest BCUT2D eigenvalue weighted by Crippen LogP contribution is 2.25. The highest BCUT2D eigenvalue weighted by molar-refractivity contribution is 5.57. The highest BCUT2D eigenvalue weighted by Gasteiger charge is 2.11. The van der Waals surface area contributed by atoms with Crippen LogP contribution >= 0.6 is 0 Å². The molecule has 0 heterocycles. The molecule has 1 unspecified atom stereocenters. The molecule has 0 amide bonds. The van der Waals surface area contributed by atoms with Crippen molar-refractivity contribution >= 4 is 6.08 Å². The molecule has 0 saturated heterocycles. The lowest BCUT2D eigenvalue weighted by Crippen LogP contribution is -2.12. The molecule has 1 aromatic rings. The molecule has 0 aromatic heterocycles. The van der Waals surface area contributed by atoms with Crippen molar-refractivity contribution < 1.29 is 15.3 Å². The summed E-state index contributed by atoms with van der Waals surface area (Å²) in [7, 11) is 0. The molecule has 0 aliphatic rings. The van der Waals surface area contributed by atoms with Crippen LogP contribution in [0.15, 0.2) is 41.5 Å². The predicted molar refractivity (Wildman–Crippen MR) is 96.5 cm³/mol. The van der Waals surface area contributed by atoms with E-state index in [9.17, 15) is 10.2 Å². The Morgan fingerprint density at radius 2 is 1.78 bits per heavy atom. The molecule has 23 heavy (non-hydrogen) atoms. The van der Waals surface area contributed by atoms with E-state index in [-0.39, 0.29) is 6.61 Å². The first-order chi connectivity index (χ1) is 10.8. The van der Waals surface area contributed by atoms with Crippen molar-refractivity contribution in [2.24, 2.45) is 0 Å². The van der Waals surface area contributed by atoms with Gasteiger partial charge in [0, 0.05) is 0 Å². The van der Waals surface area contributed by atoms with Crippen molar-refractivity contribution in [3.63, 3.8) is 0 Å². The standard InChI is InChI=1S/C20H28O3/c1-13(2)18(8-9-21)19(22)7-6-14(3)10-17-11-15(4)20(23)16(5)12-17/h8,10-12,19,21-23H,1,6-7,9H2,2-5H3/b14-10+,18-8-. The van der Waals surface area contributed by atoms with E-state index in [1.165, 1.54) is 0 Å². The van der Waals surface area contributed by atoms with Gasteiger partial charge in [0.05, 0.1) is 12.7 Å². The van der Waals surface area contributed by atoms with Crippen molar-refractivity contribution in [1.29, 1.82) is 0 Å². The topological polar surface area (TPSA) is 60.7 Å². The Morgan fingerprint density at radius 3 is 2.26 bits per heavy atom. The van der Waals surface area contributed by atoms with Gasteiger partial charge in [0.1, 0.15) is 5.75 Å². The molecule has 0 fully saturated rings. The number of aromatic hydroxyl groups is 1. The molecule has 3 N–H and O–H groups in total. The molecule has 0 saturated carbocycles. The number of phenolic OH excluding ortho intramolecular Hbond substituents is 1. The van der Waals surface area contributed by atoms with E-state index >= 15 is 0 Å². The van der Waals surface area contributed by atoms with E-state index in [2.05, 4.69) is 12.7 Å². The van der Waals surface area contributed by atoms with Gasteiger partial charge in [-0.2, -0.15) is 0 Å². The molecule has 1 aromatic carbocycles. The Hall–Kier alpha value is -1.84. The fourth-order valence-electron chi connectivity index (χ4n) is 2.64. The largest absolute Gasteiger partial charge is 0.507 e. The lowest BCUT2D eigenvalue weighted by atomic mass is 9.96. The molecule has 3 heteroatoms. The summed E-state index contributed by atoms with van der Waals surface area (Å²) in [6.07, 6.45) is 4.39. The van der Waals surface area contributed by atoms with Crippen molar-refractivity contribution in [3.8, 4) is 5.75 Å². The zero-order chi connectivity index (χ0) is 17.6. The summed E-state index contributed by atoms with van der Waals surface area (Å²) >= 11 is 0. The third kappa shape index (κ3) is 5.70. The summed E-state index contributed by atoms with van der Waals surface area (Å²) in [5, 5.41) is 29.1. The SMILES string of the molecule is C=C(C)/C(=C/CO)C(O)CC/C(C)=C/c1cc(C)c(O)c(C)c1. The van der Waals surface area contributed by atoms with Crippen LogP contribution in [0.5, 0.6) is 5.75 Å². The summed E-state index contributed by atoms with van der Waals surface area (Å²) in [5.41, 5.74) is 5.41. The van der Waals surface area contributed by atoms with E-state index in [0.29, 0.717) is 17.7 Å². The van der Waals surface area contributed by atoms with Gasteiger partial charge in [-0.15, -0.1) is 0 Å². The first-order valence-electron chi connectivity index (χ1n) is 7.88. The van der Waals surface area contributed by atoms with Crippen LogP contribution in [0.1, 0.15) is 43.4 Å². The van der Waals surface area contributed by atoms with E-state index in [4.69, 9.17) is 5.11 Å². The Kier molecular flexibility index (Phi) is 7.27. The average molecular weight is 316 g/mol. The minimum absolute atomic E-state index is 0.0971. The monoisotopic (exact) mass is 316 g/mol. The fraction of sp³-hybridized carbons (Fsp3) is 0.400. The van der Waals surface area contributed by atoms with Gasteiger partial charge in [-0.3, -0.25) is 0 Å². The molecule has 1 rings (SSSR count). The second-order valence-corrected chi connectivity index (χ2v) is 6.17. The molecule has 126 valence electrons. The second kappa shape index (κ2) is 8.70. The summed E-state index contributed by atoms with van der Waals surface area (Å²) in [6, 6.07) is 3.90. The van der Waals surface area contributed by atoms with Gasteiger partial charge >= 0.3 is 0 Å². The van der Waals surface area contributed by atoms with Gasteiger partial charge in [-0.05, 0) is 74.9 Å². The maximum Gasteiger partial charge on any atom is 0.121 e. The number of allylic oxidation sites excluding steroid dienone is 1. The summed E-state index contributed by atoms with van der Waals surface area (Å²) in [6.45, 7) is 11.4. The Balaban J connectivity index is 2.78. The maximum absolute atomic E-state index is 10.2. The number of aliphatic hydroxyl groups is 2. The maximum atomic E-state index is 10.2. The third-order valence-electron chi connectivity index (χ3n) is 3.90. The van der Waals surface area contributed by atoms with Crippen LogP contribution in [0.4, 0.5) is 0 Å². The third-order valence-corrected chi connectivity index (χ3v) is 3.90. The quantitative estimate of drug-likeness (QED) is 0.665. The molecular formula is C20H28O3. The number of hydrogen-bond acceptors (Lipinski definition) is 3. The number of benzene rings is 1. The van der Waals surface area contributed by atoms with Gasteiger partial charge in [0.25, 0.3) is 0 Å². The summed E-state index contributed by atoms with van der Waals surface area (Å²) in [4.78, 5) is 0. The molecule has 1 atom stereocenters. The van der Waals surface area contributed by atoms with Crippen LogP contribution in [-0.4, -0.2) is 28.0 Å². The highest BCUT2D eigenvalue weighted by atomic mass is 16.3. The van der Waals surface area contributed by atoms with Gasteiger partial charge in [-0.1, -0.05) is 29.9 Å². The van der Waals surface area contributed by atoms with Crippen molar-refractivity contribution in [1.82, 2.24) is 0 Å². The lowest BCUT2D eigenvalue weighted by molar-refractivity contribution is 0.201. The average Bonchev–Trinajstić information content (AvgIpc) is 2.47. The zero-order valence-corrected chi connectivity index (χ0v) is 14.6. The Morgan fingerprint density at radius 1 is 1.22 bits per heavy atom. The second-order valence-electron chi connectivity index (χ2n) is 6.17. The van der Waals surface area contributed by atoms with E-state index in [0.717, 1.165) is 34.3 Å². The van der Waals surface area contributed by atoms with Crippen LogP contribution in [0.2, 0.25) is 0 Å². The minimum atomic E-state index is -0.619. The normalized spacial score (nSPS) is 14.0. The fourth-order valence-corrected chi connectivity index (χ4v) is 2.64. The van der Waals surface area contributed by atoms with Crippen molar-refractivity contribution in [2.75, 3.05) is 6.61 Å². The zero-order valence-electron chi connectivity index (χ0n) is 14.6. The Labute approximate surface area is 139 Å². The lowest BCUT2D eigenvalue weighted by Gasteiger charge is -2.15. The summed E-state index contributed by atoms with van der Waals surface area (Å²) in [5.74, 6) is 0.343. The molecule has 0 bridgehead atoms. The first-order valence-corrected chi connectivity index (χ1v) is 7.88. The van der Waals surface area contributed by atoms with Gasteiger partial charge in [0.15, 0.2) is 0 Å². The number of hydrogen-bond donors (Lipinski definition) is 3. The van der Waals surface area contributed by atoms with Crippen LogP contribution in [-0.2, 0) is 0 Å². The smallest absolute Gasteiger partial charge is 0.121 e. The van der Waals surface area contributed by atoms with Crippen LogP contribution in [0.3, 0.4) is 0 Å².